The summed E-state index contributed by atoms with van der Waals surface area (Å²) in [6, 6.07) is -3.56. The molecular weight excluding hydrogens is 474 g/mol. The predicted molar refractivity (Wildman–Crippen MR) is 137 cm³/mol. The Labute approximate surface area is 211 Å². The fourth-order valence-electron chi connectivity index (χ4n) is 3.83. The summed E-state index contributed by atoms with van der Waals surface area (Å²) in [5.41, 5.74) is 16.7. The molecule has 200 valence electrons. The first kappa shape index (κ1) is 30.5. The van der Waals surface area contributed by atoms with E-state index in [2.05, 4.69) is 15.6 Å². The maximum atomic E-state index is 13.3. The molecule has 0 aromatic carbocycles. The highest BCUT2D eigenvalue weighted by Crippen LogP contribution is 2.21. The molecule has 0 aliphatic carbocycles. The second-order valence-electron chi connectivity index (χ2n) is 8.80. The van der Waals surface area contributed by atoms with Crippen molar-refractivity contribution in [3.8, 4) is 0 Å². The number of carbonyl (C=O) groups excluding carboxylic acids is 3. The number of carboxylic acid groups (broad SMARTS) is 1. The molecule has 0 radical (unpaired) electrons. The van der Waals surface area contributed by atoms with Crippen molar-refractivity contribution in [1.82, 2.24) is 15.5 Å². The summed E-state index contributed by atoms with van der Waals surface area (Å²) in [5.74, 6) is -2.11. The highest BCUT2D eigenvalue weighted by molar-refractivity contribution is 7.98. The predicted octanol–water partition coefficient (Wildman–Crippen LogP) is -0.788. The summed E-state index contributed by atoms with van der Waals surface area (Å²) >= 11 is 1.56. The van der Waals surface area contributed by atoms with Crippen LogP contribution in [-0.4, -0.2) is 88.9 Å². The first-order valence-electron chi connectivity index (χ1n) is 12.0. The molecule has 5 atom stereocenters. The Morgan fingerprint density at radius 1 is 1.17 bits per heavy atom. The van der Waals surface area contributed by atoms with E-state index < -0.39 is 47.9 Å². The second kappa shape index (κ2) is 15.5. The van der Waals surface area contributed by atoms with E-state index in [1.165, 1.54) is 4.90 Å². The van der Waals surface area contributed by atoms with E-state index in [0.29, 0.717) is 44.4 Å². The minimum atomic E-state index is -1.06. The molecule has 13 heteroatoms. The quantitative estimate of drug-likeness (QED) is 0.0916. The highest BCUT2D eigenvalue weighted by atomic mass is 32.2. The third-order valence-corrected chi connectivity index (χ3v) is 6.79. The number of hydrogen-bond donors (Lipinski definition) is 6. The lowest BCUT2D eigenvalue weighted by molar-refractivity contribution is -0.150. The van der Waals surface area contributed by atoms with Gasteiger partial charge in [-0.15, -0.1) is 0 Å². The van der Waals surface area contributed by atoms with Crippen molar-refractivity contribution in [2.75, 3.05) is 25.1 Å². The Kier molecular flexibility index (Phi) is 13.5. The van der Waals surface area contributed by atoms with Crippen LogP contribution in [0.5, 0.6) is 0 Å². The van der Waals surface area contributed by atoms with Crippen LogP contribution in [0.1, 0.15) is 52.4 Å². The summed E-state index contributed by atoms with van der Waals surface area (Å²) in [7, 11) is 0. The van der Waals surface area contributed by atoms with Gasteiger partial charge in [0.2, 0.25) is 17.7 Å². The average Bonchev–Trinajstić information content (AvgIpc) is 3.31. The molecule has 0 bridgehead atoms. The van der Waals surface area contributed by atoms with E-state index >= 15 is 0 Å². The summed E-state index contributed by atoms with van der Waals surface area (Å²) in [5, 5.41) is 15.0. The SMILES string of the molecule is CCC(C)C(NC(=O)C(CCCN=C(N)N)NC(=O)C(N)CCSC)C(=O)N1CCCC1C(=O)O. The number of hydrogen-bond acceptors (Lipinski definition) is 7. The molecule has 1 heterocycles. The summed E-state index contributed by atoms with van der Waals surface area (Å²) in [6.45, 7) is 4.29. The van der Waals surface area contributed by atoms with Crippen LogP contribution in [0.4, 0.5) is 0 Å². The van der Waals surface area contributed by atoms with Gasteiger partial charge in [0, 0.05) is 13.1 Å². The van der Waals surface area contributed by atoms with Crippen molar-refractivity contribution < 1.29 is 24.3 Å². The fraction of sp³-hybridized carbons (Fsp3) is 0.773. The normalized spacial score (nSPS) is 18.7. The Hall–Kier alpha value is -2.54. The van der Waals surface area contributed by atoms with Crippen LogP contribution in [0.25, 0.3) is 0 Å². The Morgan fingerprint density at radius 2 is 1.86 bits per heavy atom. The molecule has 1 aliphatic heterocycles. The first-order valence-corrected chi connectivity index (χ1v) is 13.4. The van der Waals surface area contributed by atoms with Gasteiger partial charge >= 0.3 is 5.97 Å². The van der Waals surface area contributed by atoms with Gasteiger partial charge in [0.25, 0.3) is 0 Å². The van der Waals surface area contributed by atoms with E-state index in [9.17, 15) is 24.3 Å². The molecule has 0 spiro atoms. The van der Waals surface area contributed by atoms with Crippen molar-refractivity contribution >= 4 is 41.4 Å². The largest absolute Gasteiger partial charge is 0.480 e. The van der Waals surface area contributed by atoms with E-state index in [-0.39, 0.29) is 24.8 Å². The molecule has 9 N–H and O–H groups in total. The molecule has 1 rings (SSSR count). The van der Waals surface area contributed by atoms with Crippen molar-refractivity contribution in [2.45, 2.75) is 76.5 Å². The van der Waals surface area contributed by atoms with Crippen LogP contribution in [0.3, 0.4) is 0 Å². The molecule has 1 fully saturated rings. The van der Waals surface area contributed by atoms with Crippen molar-refractivity contribution in [3.05, 3.63) is 0 Å². The smallest absolute Gasteiger partial charge is 0.326 e. The molecule has 0 aromatic heterocycles. The van der Waals surface area contributed by atoms with Gasteiger partial charge in [-0.05, 0) is 50.0 Å². The minimum absolute atomic E-state index is 0.0739. The van der Waals surface area contributed by atoms with E-state index in [0.717, 1.165) is 0 Å². The number of rotatable bonds is 15. The Morgan fingerprint density at radius 3 is 2.43 bits per heavy atom. The van der Waals surface area contributed by atoms with Crippen LogP contribution in [0.2, 0.25) is 0 Å². The number of nitrogens with one attached hydrogen (secondary N) is 2. The van der Waals surface area contributed by atoms with Crippen LogP contribution < -0.4 is 27.8 Å². The van der Waals surface area contributed by atoms with Gasteiger partial charge in [0.1, 0.15) is 18.1 Å². The number of amides is 3. The number of carbonyl (C=O) groups is 4. The lowest BCUT2D eigenvalue weighted by Crippen LogP contribution is -2.58. The molecule has 1 saturated heterocycles. The van der Waals surface area contributed by atoms with Gasteiger partial charge in [-0.3, -0.25) is 19.4 Å². The Bertz CT molecular complexity index is 762. The zero-order valence-corrected chi connectivity index (χ0v) is 21.7. The maximum absolute atomic E-state index is 13.3. The highest BCUT2D eigenvalue weighted by Gasteiger charge is 2.39. The summed E-state index contributed by atoms with van der Waals surface area (Å²) in [4.78, 5) is 56.0. The lowest BCUT2D eigenvalue weighted by atomic mass is 9.96. The molecule has 5 unspecified atom stereocenters. The number of aliphatic imine (C=N–C) groups is 1. The number of nitrogens with two attached hydrogens (primary N) is 3. The molecule has 1 aliphatic rings. The third kappa shape index (κ3) is 9.92. The number of guanidine groups is 1. The first-order chi connectivity index (χ1) is 16.5. The van der Waals surface area contributed by atoms with Gasteiger partial charge in [0.05, 0.1) is 6.04 Å². The Balaban J connectivity index is 3.02. The van der Waals surface area contributed by atoms with E-state index in [1.807, 2.05) is 20.1 Å². The number of aliphatic carboxylic acids is 1. The monoisotopic (exact) mass is 515 g/mol. The zero-order valence-electron chi connectivity index (χ0n) is 20.9. The second-order valence-corrected chi connectivity index (χ2v) is 9.78. The fourth-order valence-corrected chi connectivity index (χ4v) is 4.32. The van der Waals surface area contributed by atoms with E-state index in [1.54, 1.807) is 11.8 Å². The van der Waals surface area contributed by atoms with Gasteiger partial charge in [-0.1, -0.05) is 20.3 Å². The molecule has 3 amide bonds. The average molecular weight is 516 g/mol. The van der Waals surface area contributed by atoms with Crippen molar-refractivity contribution in [2.24, 2.45) is 28.1 Å². The van der Waals surface area contributed by atoms with Gasteiger partial charge in [-0.25, -0.2) is 4.79 Å². The number of nitrogens with zero attached hydrogens (tertiary/aromatic N) is 2. The maximum Gasteiger partial charge on any atom is 0.326 e. The van der Waals surface area contributed by atoms with Gasteiger partial charge < -0.3 is 37.8 Å². The molecular formula is C22H41N7O5S. The zero-order chi connectivity index (χ0) is 26.5. The number of thioether (sulfide) groups is 1. The van der Waals surface area contributed by atoms with Crippen LogP contribution >= 0.6 is 11.8 Å². The number of carboxylic acids is 1. The van der Waals surface area contributed by atoms with Crippen molar-refractivity contribution in [1.29, 1.82) is 0 Å². The third-order valence-electron chi connectivity index (χ3n) is 6.15. The number of likely N-dealkylation sites (tertiary alicyclic amines) is 1. The molecule has 0 saturated carbocycles. The van der Waals surface area contributed by atoms with Crippen LogP contribution in [-0.2, 0) is 19.2 Å². The standard InChI is InChI=1S/C22H41N7O5S/c1-4-13(2)17(20(32)29-11-6-8-16(29)21(33)34)28-19(31)15(7-5-10-26-22(24)25)27-18(30)14(23)9-12-35-3/h13-17H,4-12,23H2,1-3H3,(H,27,30)(H,28,31)(H,33,34)(H4,24,25,26). The van der Waals surface area contributed by atoms with Crippen LogP contribution in [0, 0.1) is 5.92 Å². The lowest BCUT2D eigenvalue weighted by Gasteiger charge is -2.31. The summed E-state index contributed by atoms with van der Waals surface area (Å²) in [6.07, 6.45) is 4.54. The molecule has 12 nitrogen and oxygen atoms in total. The topological polar surface area (TPSA) is 206 Å². The van der Waals surface area contributed by atoms with Crippen LogP contribution in [0.15, 0.2) is 4.99 Å². The summed E-state index contributed by atoms with van der Waals surface area (Å²) < 4.78 is 0. The molecule has 35 heavy (non-hydrogen) atoms. The molecule has 0 aromatic rings. The van der Waals surface area contributed by atoms with E-state index in [4.69, 9.17) is 17.2 Å². The van der Waals surface area contributed by atoms with Crippen molar-refractivity contribution in [3.63, 3.8) is 0 Å². The van der Waals surface area contributed by atoms with Gasteiger partial charge in [0.15, 0.2) is 5.96 Å². The minimum Gasteiger partial charge on any atom is -0.480 e. The van der Waals surface area contributed by atoms with Gasteiger partial charge in [-0.2, -0.15) is 11.8 Å².